The van der Waals surface area contributed by atoms with Crippen LogP contribution in [-0.2, 0) is 0 Å². The topological polar surface area (TPSA) is 78.0 Å². The summed E-state index contributed by atoms with van der Waals surface area (Å²) in [5.41, 5.74) is 9.53. The highest BCUT2D eigenvalue weighted by Gasteiger charge is 2.31. The van der Waals surface area contributed by atoms with Crippen molar-refractivity contribution in [3.63, 3.8) is 0 Å². The standard InChI is InChI=1S/C19H21N5O/c1-12-5-3-4-6-15(12)17-11-16(13-7-9-14(25-2)10-8-13)21-19-22-18(20)23-24(17)19/h3-10,16-17H,11H2,1-2H3,(H3,20,21,22,23)/t16-,17-/m0/s1. The first-order valence-electron chi connectivity index (χ1n) is 8.33. The lowest BCUT2D eigenvalue weighted by molar-refractivity contribution is 0.413. The zero-order valence-corrected chi connectivity index (χ0v) is 14.3. The summed E-state index contributed by atoms with van der Waals surface area (Å²) in [5, 5.41) is 7.87. The molecule has 0 amide bonds. The molecule has 25 heavy (non-hydrogen) atoms. The van der Waals surface area contributed by atoms with Crippen molar-refractivity contribution in [2.24, 2.45) is 0 Å². The van der Waals surface area contributed by atoms with E-state index in [4.69, 9.17) is 10.5 Å². The van der Waals surface area contributed by atoms with Gasteiger partial charge in [0, 0.05) is 0 Å². The van der Waals surface area contributed by atoms with Gasteiger partial charge in [0.2, 0.25) is 11.9 Å². The molecule has 4 rings (SSSR count). The molecular formula is C19H21N5O. The number of nitrogens with zero attached hydrogens (tertiary/aromatic N) is 3. The van der Waals surface area contributed by atoms with E-state index in [1.54, 1.807) is 7.11 Å². The summed E-state index contributed by atoms with van der Waals surface area (Å²) in [6, 6.07) is 16.7. The monoisotopic (exact) mass is 335 g/mol. The first-order valence-corrected chi connectivity index (χ1v) is 8.33. The van der Waals surface area contributed by atoms with Gasteiger partial charge in [-0.3, -0.25) is 0 Å². The zero-order chi connectivity index (χ0) is 17.4. The van der Waals surface area contributed by atoms with E-state index in [1.165, 1.54) is 16.7 Å². The van der Waals surface area contributed by atoms with Gasteiger partial charge in [-0.25, -0.2) is 4.68 Å². The SMILES string of the molecule is COc1ccc([C@@H]2C[C@@H](c3ccccc3C)n3nc(N)nc3N2)cc1. The van der Waals surface area contributed by atoms with Crippen LogP contribution < -0.4 is 15.8 Å². The van der Waals surface area contributed by atoms with E-state index in [9.17, 15) is 0 Å². The fraction of sp³-hybridized carbons (Fsp3) is 0.263. The molecule has 0 radical (unpaired) electrons. The van der Waals surface area contributed by atoms with Gasteiger partial charge in [-0.15, -0.1) is 5.10 Å². The molecule has 2 aromatic carbocycles. The second-order valence-corrected chi connectivity index (χ2v) is 6.32. The number of fused-ring (bicyclic) bond motifs is 1. The van der Waals surface area contributed by atoms with Gasteiger partial charge in [0.15, 0.2) is 0 Å². The smallest absolute Gasteiger partial charge is 0.241 e. The van der Waals surface area contributed by atoms with Crippen molar-refractivity contribution in [1.29, 1.82) is 0 Å². The normalized spacial score (nSPS) is 19.1. The number of nitrogens with one attached hydrogen (secondary N) is 1. The van der Waals surface area contributed by atoms with Crippen LogP contribution in [0.3, 0.4) is 0 Å². The molecule has 3 N–H and O–H groups in total. The van der Waals surface area contributed by atoms with E-state index >= 15 is 0 Å². The van der Waals surface area contributed by atoms with Crippen LogP contribution >= 0.6 is 0 Å². The minimum Gasteiger partial charge on any atom is -0.497 e. The van der Waals surface area contributed by atoms with E-state index in [-0.39, 0.29) is 18.0 Å². The Balaban J connectivity index is 1.74. The van der Waals surface area contributed by atoms with Gasteiger partial charge in [-0.05, 0) is 42.2 Å². The first kappa shape index (κ1) is 15.5. The predicted molar refractivity (Wildman–Crippen MR) is 97.7 cm³/mol. The van der Waals surface area contributed by atoms with Crippen LogP contribution in [0.2, 0.25) is 0 Å². The number of anilines is 2. The second kappa shape index (κ2) is 6.12. The lowest BCUT2D eigenvalue weighted by Gasteiger charge is -2.32. The Kier molecular flexibility index (Phi) is 3.80. The lowest BCUT2D eigenvalue weighted by atomic mass is 9.91. The highest BCUT2D eigenvalue weighted by molar-refractivity contribution is 5.43. The molecule has 3 aromatic rings. The number of hydrogen-bond donors (Lipinski definition) is 2. The van der Waals surface area contributed by atoms with Crippen molar-refractivity contribution in [2.75, 3.05) is 18.2 Å². The molecule has 1 aromatic heterocycles. The Morgan fingerprint density at radius 2 is 1.92 bits per heavy atom. The number of nitrogen functional groups attached to an aromatic ring is 1. The second-order valence-electron chi connectivity index (χ2n) is 6.32. The van der Waals surface area contributed by atoms with E-state index in [0.717, 1.165) is 12.2 Å². The Hall–Kier alpha value is -3.02. The van der Waals surface area contributed by atoms with Gasteiger partial charge in [0.05, 0.1) is 19.2 Å². The quantitative estimate of drug-likeness (QED) is 0.768. The van der Waals surface area contributed by atoms with Crippen molar-refractivity contribution >= 4 is 11.9 Å². The summed E-state index contributed by atoms with van der Waals surface area (Å²) in [4.78, 5) is 4.36. The molecule has 1 aliphatic rings. The molecule has 2 atom stereocenters. The van der Waals surface area contributed by atoms with Crippen molar-refractivity contribution in [3.8, 4) is 5.75 Å². The molecule has 0 bridgehead atoms. The van der Waals surface area contributed by atoms with Crippen LogP contribution in [0.4, 0.5) is 11.9 Å². The number of rotatable bonds is 3. The minimum atomic E-state index is 0.0920. The van der Waals surface area contributed by atoms with Crippen molar-refractivity contribution in [3.05, 3.63) is 65.2 Å². The van der Waals surface area contributed by atoms with Crippen LogP contribution in [0, 0.1) is 6.92 Å². The third kappa shape index (κ3) is 2.80. The Morgan fingerprint density at radius 3 is 2.64 bits per heavy atom. The summed E-state index contributed by atoms with van der Waals surface area (Å²) < 4.78 is 7.16. The maximum atomic E-state index is 5.86. The molecule has 0 aliphatic carbocycles. The van der Waals surface area contributed by atoms with Crippen molar-refractivity contribution in [1.82, 2.24) is 14.8 Å². The molecular weight excluding hydrogens is 314 g/mol. The molecule has 0 unspecified atom stereocenters. The van der Waals surface area contributed by atoms with Crippen LogP contribution in [0.25, 0.3) is 0 Å². The van der Waals surface area contributed by atoms with E-state index in [0.29, 0.717) is 5.95 Å². The van der Waals surface area contributed by atoms with Gasteiger partial charge in [-0.2, -0.15) is 4.98 Å². The fourth-order valence-corrected chi connectivity index (χ4v) is 3.47. The number of nitrogens with two attached hydrogens (primary N) is 1. The predicted octanol–water partition coefficient (Wildman–Crippen LogP) is 3.32. The third-order valence-electron chi connectivity index (χ3n) is 4.77. The van der Waals surface area contributed by atoms with Gasteiger partial charge in [0.25, 0.3) is 0 Å². The molecule has 0 saturated carbocycles. The molecule has 2 heterocycles. The lowest BCUT2D eigenvalue weighted by Crippen LogP contribution is -2.28. The molecule has 0 fully saturated rings. The molecule has 1 aliphatic heterocycles. The molecule has 6 heteroatoms. The van der Waals surface area contributed by atoms with Crippen molar-refractivity contribution in [2.45, 2.75) is 25.4 Å². The van der Waals surface area contributed by atoms with E-state index < -0.39 is 0 Å². The maximum Gasteiger partial charge on any atom is 0.241 e. The largest absolute Gasteiger partial charge is 0.497 e. The average Bonchev–Trinajstić information content (AvgIpc) is 3.01. The summed E-state index contributed by atoms with van der Waals surface area (Å²) in [5.74, 6) is 1.84. The number of hydrogen-bond acceptors (Lipinski definition) is 5. The number of methoxy groups -OCH3 is 1. The van der Waals surface area contributed by atoms with Crippen LogP contribution in [0.15, 0.2) is 48.5 Å². The number of aromatic nitrogens is 3. The van der Waals surface area contributed by atoms with Gasteiger partial charge >= 0.3 is 0 Å². The zero-order valence-electron chi connectivity index (χ0n) is 14.3. The molecule has 0 saturated heterocycles. The number of aryl methyl sites for hydroxylation is 1. The molecule has 0 spiro atoms. The first-order chi connectivity index (χ1) is 12.2. The Labute approximate surface area is 146 Å². The van der Waals surface area contributed by atoms with E-state index in [2.05, 4.69) is 58.7 Å². The fourth-order valence-electron chi connectivity index (χ4n) is 3.47. The van der Waals surface area contributed by atoms with Crippen LogP contribution in [-0.4, -0.2) is 21.9 Å². The van der Waals surface area contributed by atoms with Crippen LogP contribution in [0.1, 0.15) is 35.2 Å². The highest BCUT2D eigenvalue weighted by Crippen LogP contribution is 2.39. The van der Waals surface area contributed by atoms with Gasteiger partial charge in [-0.1, -0.05) is 36.4 Å². The summed E-state index contributed by atoms with van der Waals surface area (Å²) in [7, 11) is 1.67. The van der Waals surface area contributed by atoms with Crippen LogP contribution in [0.5, 0.6) is 5.75 Å². The van der Waals surface area contributed by atoms with Crippen molar-refractivity contribution < 1.29 is 4.74 Å². The minimum absolute atomic E-state index is 0.0920. The third-order valence-corrected chi connectivity index (χ3v) is 4.77. The highest BCUT2D eigenvalue weighted by atomic mass is 16.5. The summed E-state index contributed by atoms with van der Waals surface area (Å²) in [6.07, 6.45) is 0.868. The van der Waals surface area contributed by atoms with Gasteiger partial charge in [0.1, 0.15) is 5.75 Å². The maximum absolute atomic E-state index is 5.86. The summed E-state index contributed by atoms with van der Waals surface area (Å²) >= 11 is 0. The Morgan fingerprint density at radius 1 is 1.16 bits per heavy atom. The Bertz CT molecular complexity index is 887. The number of ether oxygens (including phenoxy) is 1. The van der Waals surface area contributed by atoms with E-state index in [1.807, 2.05) is 16.8 Å². The molecule has 128 valence electrons. The summed E-state index contributed by atoms with van der Waals surface area (Å²) in [6.45, 7) is 2.12. The average molecular weight is 335 g/mol. The van der Waals surface area contributed by atoms with Gasteiger partial charge < -0.3 is 15.8 Å². The number of benzene rings is 2. The molecule has 6 nitrogen and oxygen atoms in total.